The van der Waals surface area contributed by atoms with Crippen molar-refractivity contribution < 1.29 is 0 Å². The second-order valence-corrected chi connectivity index (χ2v) is 14.3. The smallest absolute Gasteiger partial charge is 0.0617 e. The van der Waals surface area contributed by atoms with Crippen molar-refractivity contribution in [1.29, 1.82) is 0 Å². The SMILES string of the molecule is C=Cc1ccc(Cn2c3ccccc3c3c2c2c4ccccc4n(Cc4ccc(C=C)cc4)c2c2c4ccccc4n(Cc4ccc(C=C)cc4)c32)cc1. The van der Waals surface area contributed by atoms with Crippen LogP contribution in [0.1, 0.15) is 33.4 Å². The van der Waals surface area contributed by atoms with Crippen LogP contribution in [-0.4, -0.2) is 13.7 Å². The Labute approximate surface area is 314 Å². The van der Waals surface area contributed by atoms with Gasteiger partial charge in [-0.05, 0) is 51.6 Å². The van der Waals surface area contributed by atoms with Gasteiger partial charge in [0.05, 0.1) is 16.6 Å². The fraction of sp³-hybridized carbons (Fsp3) is 0.0588. The first kappa shape index (κ1) is 31.9. The number of benzene rings is 7. The van der Waals surface area contributed by atoms with Gasteiger partial charge in [-0.1, -0.05) is 165 Å². The van der Waals surface area contributed by atoms with Gasteiger partial charge in [0.2, 0.25) is 0 Å². The molecule has 10 rings (SSSR count). The van der Waals surface area contributed by atoms with Crippen molar-refractivity contribution in [1.82, 2.24) is 13.7 Å². The van der Waals surface area contributed by atoms with Gasteiger partial charge in [-0.2, -0.15) is 0 Å². The molecule has 0 N–H and O–H groups in total. The molecule has 0 radical (unpaired) electrons. The monoisotopic (exact) mass is 693 g/mol. The number of nitrogens with zero attached hydrogens (tertiary/aromatic N) is 3. The molecule has 0 amide bonds. The summed E-state index contributed by atoms with van der Waals surface area (Å²) in [6.45, 7) is 14.2. The van der Waals surface area contributed by atoms with Gasteiger partial charge >= 0.3 is 0 Å². The maximum atomic E-state index is 4.00. The third-order valence-corrected chi connectivity index (χ3v) is 11.3. The molecule has 0 saturated heterocycles. The molecule has 258 valence electrons. The highest BCUT2D eigenvalue weighted by Crippen LogP contribution is 2.48. The fourth-order valence-corrected chi connectivity index (χ4v) is 8.73. The van der Waals surface area contributed by atoms with E-state index in [1.807, 2.05) is 18.2 Å². The van der Waals surface area contributed by atoms with Crippen LogP contribution in [0.2, 0.25) is 0 Å². The Hall–Kier alpha value is -6.84. The van der Waals surface area contributed by atoms with E-state index in [-0.39, 0.29) is 0 Å². The second kappa shape index (κ2) is 12.7. The van der Waals surface area contributed by atoms with Crippen molar-refractivity contribution in [3.8, 4) is 0 Å². The highest BCUT2D eigenvalue weighted by Gasteiger charge is 2.27. The van der Waals surface area contributed by atoms with E-state index >= 15 is 0 Å². The van der Waals surface area contributed by atoms with Gasteiger partial charge in [-0.25, -0.2) is 0 Å². The summed E-state index contributed by atoms with van der Waals surface area (Å²) in [6.07, 6.45) is 5.73. The molecular weight excluding hydrogens is 655 g/mol. The van der Waals surface area contributed by atoms with Crippen LogP contribution in [0, 0.1) is 0 Å². The van der Waals surface area contributed by atoms with E-state index in [0.717, 1.165) is 36.3 Å². The second-order valence-electron chi connectivity index (χ2n) is 14.3. The summed E-state index contributed by atoms with van der Waals surface area (Å²) in [4.78, 5) is 0. The Balaban J connectivity index is 1.41. The average Bonchev–Trinajstić information content (AvgIpc) is 3.84. The normalized spacial score (nSPS) is 11.8. The zero-order valence-corrected chi connectivity index (χ0v) is 30.2. The molecule has 0 atom stereocenters. The Morgan fingerprint density at radius 3 is 0.852 bits per heavy atom. The van der Waals surface area contributed by atoms with Crippen molar-refractivity contribution in [2.75, 3.05) is 0 Å². The summed E-state index contributed by atoms with van der Waals surface area (Å²) in [7, 11) is 0. The van der Waals surface area contributed by atoms with Crippen molar-refractivity contribution >= 4 is 83.6 Å². The van der Waals surface area contributed by atoms with E-state index in [1.54, 1.807) is 0 Å². The van der Waals surface area contributed by atoms with Gasteiger partial charge in [0, 0.05) is 68.5 Å². The molecule has 0 bridgehead atoms. The average molecular weight is 694 g/mol. The lowest BCUT2D eigenvalue weighted by Gasteiger charge is -2.14. The van der Waals surface area contributed by atoms with Gasteiger partial charge in [-0.15, -0.1) is 0 Å². The van der Waals surface area contributed by atoms with E-state index in [9.17, 15) is 0 Å². The third-order valence-electron chi connectivity index (χ3n) is 11.3. The predicted molar refractivity (Wildman–Crippen MR) is 232 cm³/mol. The first-order chi connectivity index (χ1) is 26.6. The molecule has 7 aromatic carbocycles. The quantitative estimate of drug-likeness (QED) is 0.143. The van der Waals surface area contributed by atoms with Crippen LogP contribution in [0.5, 0.6) is 0 Å². The van der Waals surface area contributed by atoms with Gasteiger partial charge in [-0.3, -0.25) is 0 Å². The molecule has 0 aliphatic rings. The topological polar surface area (TPSA) is 14.8 Å². The molecule has 3 aromatic heterocycles. The minimum Gasteiger partial charge on any atom is -0.335 e. The van der Waals surface area contributed by atoms with Crippen molar-refractivity contribution in [3.63, 3.8) is 0 Å². The largest absolute Gasteiger partial charge is 0.335 e. The molecule has 3 heteroatoms. The predicted octanol–water partition coefficient (Wildman–Crippen LogP) is 13.1. The molecule has 0 saturated carbocycles. The van der Waals surface area contributed by atoms with Gasteiger partial charge in [0.15, 0.2) is 0 Å². The summed E-state index contributed by atoms with van der Waals surface area (Å²) in [6, 6.07) is 53.5. The lowest BCUT2D eigenvalue weighted by atomic mass is 10.0. The summed E-state index contributed by atoms with van der Waals surface area (Å²) in [5, 5.41) is 7.70. The summed E-state index contributed by atoms with van der Waals surface area (Å²) >= 11 is 0. The van der Waals surface area contributed by atoms with E-state index in [4.69, 9.17) is 0 Å². The number of hydrogen-bond acceptors (Lipinski definition) is 0. The Morgan fingerprint density at radius 2 is 0.593 bits per heavy atom. The lowest BCUT2D eigenvalue weighted by Crippen LogP contribution is -2.03. The number of hydrogen-bond donors (Lipinski definition) is 0. The zero-order valence-electron chi connectivity index (χ0n) is 30.2. The maximum Gasteiger partial charge on any atom is 0.0617 e. The van der Waals surface area contributed by atoms with Crippen molar-refractivity contribution in [2.24, 2.45) is 0 Å². The zero-order chi connectivity index (χ0) is 36.3. The Bertz CT molecular complexity index is 2720. The molecule has 10 aromatic rings. The minimum absolute atomic E-state index is 0.744. The molecule has 0 spiro atoms. The molecule has 0 aliphatic heterocycles. The van der Waals surface area contributed by atoms with Crippen LogP contribution in [0.25, 0.3) is 83.6 Å². The van der Waals surface area contributed by atoms with Crippen LogP contribution in [0.15, 0.2) is 165 Å². The number of fused-ring (bicyclic) bond motifs is 12. The minimum atomic E-state index is 0.744. The number of rotatable bonds is 9. The van der Waals surface area contributed by atoms with Crippen LogP contribution in [0.4, 0.5) is 0 Å². The third kappa shape index (κ3) is 4.89. The van der Waals surface area contributed by atoms with Gasteiger partial charge in [0.1, 0.15) is 0 Å². The molecular formula is C51H39N3. The van der Waals surface area contributed by atoms with Crippen LogP contribution in [0.3, 0.4) is 0 Å². The fourth-order valence-electron chi connectivity index (χ4n) is 8.73. The van der Waals surface area contributed by atoms with E-state index < -0.39 is 0 Å². The van der Waals surface area contributed by atoms with Crippen LogP contribution in [-0.2, 0) is 19.6 Å². The van der Waals surface area contributed by atoms with E-state index in [0.29, 0.717) is 0 Å². The maximum absolute atomic E-state index is 4.00. The van der Waals surface area contributed by atoms with Crippen LogP contribution < -0.4 is 0 Å². The number of aromatic nitrogens is 3. The van der Waals surface area contributed by atoms with Crippen molar-refractivity contribution in [2.45, 2.75) is 19.6 Å². The Morgan fingerprint density at radius 1 is 0.333 bits per heavy atom. The van der Waals surface area contributed by atoms with E-state index in [2.05, 4.69) is 179 Å². The summed E-state index contributed by atoms with van der Waals surface area (Å²) < 4.78 is 7.73. The standard InChI is InChI=1S/C51H39N3/c1-4-34-19-25-37(26-20-34)31-52-43-16-10-7-13-40(43)46-49(52)47-41-14-8-11-17-44(41)53(32-38-27-21-35(5-2)22-28-38)51(47)48-42-15-9-12-18-45(42)54(50(46)48)33-39-29-23-36(6-3)24-30-39/h4-30H,1-3,31-33H2. The van der Waals surface area contributed by atoms with E-state index in [1.165, 1.54) is 82.1 Å². The van der Waals surface area contributed by atoms with Gasteiger partial charge < -0.3 is 13.7 Å². The van der Waals surface area contributed by atoms with Gasteiger partial charge in [0.25, 0.3) is 0 Å². The molecule has 0 aliphatic carbocycles. The molecule has 54 heavy (non-hydrogen) atoms. The highest BCUT2D eigenvalue weighted by molar-refractivity contribution is 6.39. The number of para-hydroxylation sites is 3. The highest BCUT2D eigenvalue weighted by atomic mass is 15.0. The molecule has 3 heterocycles. The molecule has 0 fully saturated rings. The molecule has 3 nitrogen and oxygen atoms in total. The summed E-state index contributed by atoms with van der Waals surface area (Å²) in [5.41, 5.74) is 14.7. The Kier molecular flexibility index (Phi) is 7.48. The summed E-state index contributed by atoms with van der Waals surface area (Å²) in [5.74, 6) is 0. The van der Waals surface area contributed by atoms with Crippen molar-refractivity contribution in [3.05, 3.63) is 199 Å². The first-order valence-corrected chi connectivity index (χ1v) is 18.6. The molecule has 0 unspecified atom stereocenters. The lowest BCUT2D eigenvalue weighted by molar-refractivity contribution is 0.862. The van der Waals surface area contributed by atoms with Crippen LogP contribution >= 0.6 is 0 Å². The first-order valence-electron chi connectivity index (χ1n) is 18.6.